The first-order chi connectivity index (χ1) is 9.65. The molecule has 0 aliphatic carbocycles. The molecule has 0 spiro atoms. The Kier molecular flexibility index (Phi) is 4.60. The molecular formula is C17H20N2O. The molecular weight excluding hydrogens is 248 g/mol. The summed E-state index contributed by atoms with van der Waals surface area (Å²) < 4.78 is 0. The van der Waals surface area contributed by atoms with Crippen LogP contribution in [0.1, 0.15) is 25.8 Å². The summed E-state index contributed by atoms with van der Waals surface area (Å²) >= 11 is 0. The van der Waals surface area contributed by atoms with Crippen LogP contribution in [0.25, 0.3) is 10.8 Å². The number of anilines is 1. The Bertz CT molecular complexity index is 628. The smallest absolute Gasteiger partial charge is 0.0998 e. The molecule has 0 radical (unpaired) electrons. The maximum absolute atomic E-state index is 9.49. The molecule has 0 bridgehead atoms. The Morgan fingerprint density at radius 2 is 1.85 bits per heavy atom. The van der Waals surface area contributed by atoms with E-state index in [4.69, 9.17) is 5.26 Å². The van der Waals surface area contributed by atoms with Crippen LogP contribution in [0.4, 0.5) is 5.69 Å². The lowest BCUT2D eigenvalue weighted by molar-refractivity contribution is 0.259. The zero-order valence-electron chi connectivity index (χ0n) is 11.9. The predicted octanol–water partition coefficient (Wildman–Crippen LogP) is 3.53. The molecule has 1 atom stereocenters. The lowest BCUT2D eigenvalue weighted by Gasteiger charge is -2.21. The highest BCUT2D eigenvalue weighted by Crippen LogP contribution is 2.27. The van der Waals surface area contributed by atoms with E-state index in [-0.39, 0.29) is 12.6 Å². The molecule has 0 aromatic heterocycles. The van der Waals surface area contributed by atoms with Crippen molar-refractivity contribution in [3.05, 3.63) is 42.0 Å². The fourth-order valence-electron chi connectivity index (χ4n) is 2.49. The normalized spacial score (nSPS) is 12.3. The maximum Gasteiger partial charge on any atom is 0.0998 e. The van der Waals surface area contributed by atoms with Crippen LogP contribution < -0.4 is 5.32 Å². The van der Waals surface area contributed by atoms with E-state index in [1.807, 2.05) is 36.4 Å². The van der Waals surface area contributed by atoms with Crippen molar-refractivity contribution in [2.24, 2.45) is 5.92 Å². The zero-order chi connectivity index (χ0) is 14.5. The summed E-state index contributed by atoms with van der Waals surface area (Å²) in [6, 6.07) is 13.9. The number of rotatable bonds is 5. The molecule has 2 aromatic rings. The molecule has 2 aromatic carbocycles. The molecule has 0 saturated heterocycles. The van der Waals surface area contributed by atoms with Gasteiger partial charge in [0.1, 0.15) is 0 Å². The van der Waals surface area contributed by atoms with E-state index in [9.17, 15) is 5.11 Å². The van der Waals surface area contributed by atoms with Crippen molar-refractivity contribution >= 4 is 16.5 Å². The summed E-state index contributed by atoms with van der Waals surface area (Å²) in [5, 5.41) is 24.0. The molecule has 0 fully saturated rings. The minimum absolute atomic E-state index is 0.0336. The third-order valence-electron chi connectivity index (χ3n) is 3.38. The summed E-state index contributed by atoms with van der Waals surface area (Å²) in [6.45, 7) is 4.38. The number of hydrogen-bond donors (Lipinski definition) is 2. The molecule has 0 aliphatic rings. The summed E-state index contributed by atoms with van der Waals surface area (Å²) in [5.41, 5.74) is 1.65. The second kappa shape index (κ2) is 6.40. The van der Waals surface area contributed by atoms with Crippen LogP contribution in [0.3, 0.4) is 0 Å². The molecule has 20 heavy (non-hydrogen) atoms. The average Bonchev–Trinajstić information content (AvgIpc) is 2.46. The van der Waals surface area contributed by atoms with Gasteiger partial charge in [0.15, 0.2) is 0 Å². The van der Waals surface area contributed by atoms with Gasteiger partial charge in [-0.25, -0.2) is 0 Å². The van der Waals surface area contributed by atoms with Crippen LogP contribution in [-0.2, 0) is 0 Å². The molecule has 1 unspecified atom stereocenters. The molecule has 2 rings (SSSR count). The second-order valence-electron chi connectivity index (χ2n) is 5.47. The number of nitrogens with zero attached hydrogens (tertiary/aromatic N) is 1. The first-order valence-corrected chi connectivity index (χ1v) is 6.95. The quantitative estimate of drug-likeness (QED) is 0.872. The van der Waals surface area contributed by atoms with E-state index in [2.05, 4.69) is 25.2 Å². The van der Waals surface area contributed by atoms with Crippen LogP contribution >= 0.6 is 0 Å². The van der Waals surface area contributed by atoms with Crippen molar-refractivity contribution in [2.75, 3.05) is 11.9 Å². The fraction of sp³-hybridized carbons (Fsp3) is 0.353. The summed E-state index contributed by atoms with van der Waals surface area (Å²) in [5.74, 6) is 0.518. The Balaban J connectivity index is 2.38. The lowest BCUT2D eigenvalue weighted by Crippen LogP contribution is -2.25. The molecule has 0 amide bonds. The number of hydrogen-bond acceptors (Lipinski definition) is 3. The van der Waals surface area contributed by atoms with Crippen molar-refractivity contribution in [1.29, 1.82) is 5.26 Å². The van der Waals surface area contributed by atoms with Gasteiger partial charge in [-0.15, -0.1) is 0 Å². The van der Waals surface area contributed by atoms with E-state index < -0.39 is 0 Å². The van der Waals surface area contributed by atoms with Gasteiger partial charge in [0.05, 0.1) is 18.2 Å². The number of benzene rings is 2. The Morgan fingerprint density at radius 3 is 2.45 bits per heavy atom. The highest BCUT2D eigenvalue weighted by molar-refractivity contribution is 5.97. The highest BCUT2D eigenvalue weighted by Gasteiger charge is 2.12. The maximum atomic E-state index is 9.49. The van der Waals surface area contributed by atoms with Gasteiger partial charge in [-0.1, -0.05) is 38.1 Å². The highest BCUT2D eigenvalue weighted by atomic mass is 16.3. The van der Waals surface area contributed by atoms with Crippen molar-refractivity contribution in [3.8, 4) is 6.07 Å². The summed E-state index contributed by atoms with van der Waals surface area (Å²) in [4.78, 5) is 0. The molecule has 104 valence electrons. The molecule has 3 nitrogen and oxygen atoms in total. The van der Waals surface area contributed by atoms with Gasteiger partial charge in [0, 0.05) is 22.5 Å². The van der Waals surface area contributed by atoms with Crippen molar-refractivity contribution < 1.29 is 5.11 Å². The van der Waals surface area contributed by atoms with Gasteiger partial charge in [-0.3, -0.25) is 0 Å². The van der Waals surface area contributed by atoms with Gasteiger partial charge in [-0.05, 0) is 24.5 Å². The van der Waals surface area contributed by atoms with Crippen LogP contribution in [-0.4, -0.2) is 17.8 Å². The molecule has 0 heterocycles. The predicted molar refractivity (Wildman–Crippen MR) is 82.6 cm³/mol. The van der Waals surface area contributed by atoms with Gasteiger partial charge in [0.25, 0.3) is 0 Å². The van der Waals surface area contributed by atoms with Crippen LogP contribution in [0.5, 0.6) is 0 Å². The first kappa shape index (κ1) is 14.4. The van der Waals surface area contributed by atoms with Gasteiger partial charge in [-0.2, -0.15) is 5.26 Å². The third kappa shape index (κ3) is 3.09. The summed E-state index contributed by atoms with van der Waals surface area (Å²) in [6.07, 6.45) is 0.908. The zero-order valence-corrected chi connectivity index (χ0v) is 11.9. The monoisotopic (exact) mass is 268 g/mol. The van der Waals surface area contributed by atoms with E-state index in [1.54, 1.807) is 0 Å². The second-order valence-corrected chi connectivity index (χ2v) is 5.47. The average molecular weight is 268 g/mol. The van der Waals surface area contributed by atoms with Crippen LogP contribution in [0, 0.1) is 17.2 Å². The van der Waals surface area contributed by atoms with E-state index in [0.29, 0.717) is 11.5 Å². The Hall–Kier alpha value is -2.05. The molecule has 3 heteroatoms. The standard InChI is InChI=1S/C17H20N2O/c1-12(2)9-14(11-20)19-17-8-7-13(10-18)15-5-3-4-6-16(15)17/h3-8,12,14,19-20H,9,11H2,1-2H3. The SMILES string of the molecule is CC(C)CC(CO)Nc1ccc(C#N)c2ccccc12. The van der Waals surface area contributed by atoms with Gasteiger partial charge in [0.2, 0.25) is 0 Å². The number of fused-ring (bicyclic) bond motifs is 1. The van der Waals surface area contributed by atoms with E-state index in [1.165, 1.54) is 0 Å². The van der Waals surface area contributed by atoms with Gasteiger partial charge < -0.3 is 10.4 Å². The Morgan fingerprint density at radius 1 is 1.15 bits per heavy atom. The first-order valence-electron chi connectivity index (χ1n) is 6.95. The van der Waals surface area contributed by atoms with Crippen molar-refractivity contribution in [3.63, 3.8) is 0 Å². The van der Waals surface area contributed by atoms with E-state index in [0.717, 1.165) is 22.9 Å². The number of aliphatic hydroxyl groups is 1. The largest absolute Gasteiger partial charge is 0.394 e. The molecule has 0 aliphatic heterocycles. The molecule has 0 saturated carbocycles. The van der Waals surface area contributed by atoms with Gasteiger partial charge >= 0.3 is 0 Å². The molecule has 2 N–H and O–H groups in total. The minimum Gasteiger partial charge on any atom is -0.394 e. The number of nitriles is 1. The lowest BCUT2D eigenvalue weighted by atomic mass is 10.0. The van der Waals surface area contributed by atoms with Crippen molar-refractivity contribution in [1.82, 2.24) is 0 Å². The summed E-state index contributed by atoms with van der Waals surface area (Å²) in [7, 11) is 0. The van der Waals surface area contributed by atoms with Crippen LogP contribution in [0.2, 0.25) is 0 Å². The fourth-order valence-corrected chi connectivity index (χ4v) is 2.49. The van der Waals surface area contributed by atoms with Crippen LogP contribution in [0.15, 0.2) is 36.4 Å². The number of aliphatic hydroxyl groups excluding tert-OH is 1. The number of nitrogens with one attached hydrogen (secondary N) is 1. The minimum atomic E-state index is 0.0336. The van der Waals surface area contributed by atoms with E-state index >= 15 is 0 Å². The topological polar surface area (TPSA) is 56.0 Å². The third-order valence-corrected chi connectivity index (χ3v) is 3.38. The van der Waals surface area contributed by atoms with Crippen molar-refractivity contribution in [2.45, 2.75) is 26.3 Å². The Labute approximate surface area is 119 Å².